The third-order valence-electron chi connectivity index (χ3n) is 2.92. The third-order valence-corrected chi connectivity index (χ3v) is 2.92. The van der Waals surface area contributed by atoms with E-state index in [4.69, 9.17) is 10.5 Å². The van der Waals surface area contributed by atoms with Crippen molar-refractivity contribution in [3.05, 3.63) is 59.2 Å². The van der Waals surface area contributed by atoms with Crippen LogP contribution in [0.1, 0.15) is 18.1 Å². The van der Waals surface area contributed by atoms with Crippen molar-refractivity contribution < 1.29 is 13.5 Å². The highest BCUT2D eigenvalue weighted by Crippen LogP contribution is 2.30. The van der Waals surface area contributed by atoms with Gasteiger partial charge in [-0.05, 0) is 49.6 Å². The van der Waals surface area contributed by atoms with Crippen LogP contribution in [-0.4, -0.2) is 6.04 Å². The molecule has 0 heterocycles. The lowest BCUT2D eigenvalue weighted by Crippen LogP contribution is -2.18. The van der Waals surface area contributed by atoms with E-state index in [1.54, 1.807) is 19.1 Å². The maximum absolute atomic E-state index is 14.0. The molecular weight excluding hydrogens is 260 g/mol. The number of ether oxygens (including phenoxy) is 1. The lowest BCUT2D eigenvalue weighted by Gasteiger charge is -2.12. The van der Waals surface area contributed by atoms with E-state index >= 15 is 0 Å². The Morgan fingerprint density at radius 3 is 2.30 bits per heavy atom. The fraction of sp³-hybridized carbons (Fsp3) is 0.250. The van der Waals surface area contributed by atoms with Crippen molar-refractivity contribution in [3.8, 4) is 11.5 Å². The first-order valence-electron chi connectivity index (χ1n) is 6.44. The summed E-state index contributed by atoms with van der Waals surface area (Å²) in [5.41, 5.74) is 6.96. The van der Waals surface area contributed by atoms with Gasteiger partial charge in [-0.1, -0.05) is 18.2 Å². The SMILES string of the molecule is Cc1ccccc1Oc1c(F)cc(CC(C)N)cc1F. The van der Waals surface area contributed by atoms with Crippen LogP contribution >= 0.6 is 0 Å². The van der Waals surface area contributed by atoms with Gasteiger partial charge in [0.05, 0.1) is 0 Å². The second-order valence-electron chi connectivity index (χ2n) is 4.94. The van der Waals surface area contributed by atoms with Gasteiger partial charge in [0.25, 0.3) is 0 Å². The molecule has 1 unspecified atom stereocenters. The van der Waals surface area contributed by atoms with Crippen LogP contribution in [0.5, 0.6) is 11.5 Å². The molecule has 0 aromatic heterocycles. The molecule has 0 fully saturated rings. The first-order valence-corrected chi connectivity index (χ1v) is 6.44. The second-order valence-corrected chi connectivity index (χ2v) is 4.94. The number of rotatable bonds is 4. The fourth-order valence-electron chi connectivity index (χ4n) is 1.98. The lowest BCUT2D eigenvalue weighted by molar-refractivity contribution is 0.404. The van der Waals surface area contributed by atoms with Crippen molar-refractivity contribution in [1.82, 2.24) is 0 Å². The summed E-state index contributed by atoms with van der Waals surface area (Å²) < 4.78 is 33.3. The van der Waals surface area contributed by atoms with E-state index in [0.29, 0.717) is 17.7 Å². The summed E-state index contributed by atoms with van der Waals surface area (Å²) in [5.74, 6) is -1.38. The van der Waals surface area contributed by atoms with Crippen molar-refractivity contribution >= 4 is 0 Å². The minimum Gasteiger partial charge on any atom is -0.451 e. The number of halogens is 2. The molecule has 2 aromatic carbocycles. The Balaban J connectivity index is 2.31. The molecule has 0 radical (unpaired) electrons. The predicted molar refractivity (Wildman–Crippen MR) is 75.0 cm³/mol. The molecule has 106 valence electrons. The average Bonchev–Trinajstić information content (AvgIpc) is 2.35. The van der Waals surface area contributed by atoms with Crippen LogP contribution in [0.2, 0.25) is 0 Å². The van der Waals surface area contributed by atoms with Crippen molar-refractivity contribution in [3.63, 3.8) is 0 Å². The van der Waals surface area contributed by atoms with Gasteiger partial charge in [0.15, 0.2) is 17.4 Å². The number of hydrogen-bond donors (Lipinski definition) is 1. The van der Waals surface area contributed by atoms with Crippen molar-refractivity contribution in [1.29, 1.82) is 0 Å². The first kappa shape index (κ1) is 14.5. The largest absolute Gasteiger partial charge is 0.451 e. The van der Waals surface area contributed by atoms with E-state index in [1.807, 2.05) is 19.1 Å². The van der Waals surface area contributed by atoms with Crippen LogP contribution < -0.4 is 10.5 Å². The Labute approximate surface area is 117 Å². The monoisotopic (exact) mass is 277 g/mol. The highest BCUT2D eigenvalue weighted by molar-refractivity contribution is 5.39. The second kappa shape index (κ2) is 6.01. The number of nitrogens with two attached hydrogens (primary N) is 1. The van der Waals surface area contributed by atoms with Gasteiger partial charge in [0.1, 0.15) is 5.75 Å². The molecule has 2 nitrogen and oxygen atoms in total. The maximum atomic E-state index is 14.0. The Hall–Kier alpha value is -1.94. The van der Waals surface area contributed by atoms with Crippen molar-refractivity contribution in [2.45, 2.75) is 26.3 Å². The molecule has 2 N–H and O–H groups in total. The molecule has 1 atom stereocenters. The molecule has 0 bridgehead atoms. The minimum atomic E-state index is -0.719. The third kappa shape index (κ3) is 3.33. The summed E-state index contributed by atoms with van der Waals surface area (Å²) in [6.45, 7) is 3.60. The number of benzene rings is 2. The maximum Gasteiger partial charge on any atom is 0.198 e. The molecule has 2 rings (SSSR count). The molecule has 0 aliphatic rings. The van der Waals surface area contributed by atoms with E-state index in [0.717, 1.165) is 5.56 Å². The van der Waals surface area contributed by atoms with Gasteiger partial charge in [0, 0.05) is 6.04 Å². The zero-order valence-electron chi connectivity index (χ0n) is 11.5. The van der Waals surface area contributed by atoms with Gasteiger partial charge < -0.3 is 10.5 Å². The smallest absolute Gasteiger partial charge is 0.198 e. The van der Waals surface area contributed by atoms with Crippen molar-refractivity contribution in [2.75, 3.05) is 0 Å². The molecule has 0 saturated heterocycles. The number of para-hydroxylation sites is 1. The Morgan fingerprint density at radius 1 is 1.15 bits per heavy atom. The zero-order valence-corrected chi connectivity index (χ0v) is 11.5. The van der Waals surface area contributed by atoms with Crippen LogP contribution in [0.3, 0.4) is 0 Å². The molecule has 0 saturated carbocycles. The van der Waals surface area contributed by atoms with Gasteiger partial charge in [-0.3, -0.25) is 0 Å². The molecular formula is C16H17F2NO. The Bertz CT molecular complexity index is 588. The summed E-state index contributed by atoms with van der Waals surface area (Å²) in [6, 6.07) is 9.44. The van der Waals surface area contributed by atoms with E-state index in [9.17, 15) is 8.78 Å². The van der Waals surface area contributed by atoms with E-state index in [1.165, 1.54) is 12.1 Å². The average molecular weight is 277 g/mol. The highest BCUT2D eigenvalue weighted by Gasteiger charge is 2.15. The minimum absolute atomic E-state index is 0.156. The van der Waals surface area contributed by atoms with Gasteiger partial charge in [0.2, 0.25) is 0 Å². The first-order chi connectivity index (χ1) is 9.47. The fourth-order valence-corrected chi connectivity index (χ4v) is 1.98. The molecule has 4 heteroatoms. The highest BCUT2D eigenvalue weighted by atomic mass is 19.1. The van der Waals surface area contributed by atoms with Crippen LogP contribution in [0.15, 0.2) is 36.4 Å². The Morgan fingerprint density at radius 2 is 1.75 bits per heavy atom. The van der Waals surface area contributed by atoms with E-state index in [2.05, 4.69) is 0 Å². The summed E-state index contributed by atoms with van der Waals surface area (Å²) in [4.78, 5) is 0. The van der Waals surface area contributed by atoms with Crippen LogP contribution in [0.25, 0.3) is 0 Å². The quantitative estimate of drug-likeness (QED) is 0.918. The summed E-state index contributed by atoms with van der Waals surface area (Å²) in [7, 11) is 0. The van der Waals surface area contributed by atoms with Crippen LogP contribution in [-0.2, 0) is 6.42 Å². The van der Waals surface area contributed by atoms with Crippen molar-refractivity contribution in [2.24, 2.45) is 5.73 Å². The zero-order chi connectivity index (χ0) is 14.7. The molecule has 0 spiro atoms. The van der Waals surface area contributed by atoms with Crippen LogP contribution in [0.4, 0.5) is 8.78 Å². The molecule has 0 aliphatic heterocycles. The van der Waals surface area contributed by atoms with E-state index in [-0.39, 0.29) is 11.8 Å². The molecule has 20 heavy (non-hydrogen) atoms. The van der Waals surface area contributed by atoms with E-state index < -0.39 is 11.6 Å². The van der Waals surface area contributed by atoms with Gasteiger partial charge in [-0.15, -0.1) is 0 Å². The van der Waals surface area contributed by atoms with Gasteiger partial charge in [-0.25, -0.2) is 8.78 Å². The number of aryl methyl sites for hydroxylation is 1. The summed E-state index contributed by atoms with van der Waals surface area (Å²) >= 11 is 0. The van der Waals surface area contributed by atoms with Gasteiger partial charge in [-0.2, -0.15) is 0 Å². The van der Waals surface area contributed by atoms with Gasteiger partial charge >= 0.3 is 0 Å². The lowest BCUT2D eigenvalue weighted by atomic mass is 10.1. The van der Waals surface area contributed by atoms with Crippen LogP contribution in [0, 0.1) is 18.6 Å². The standard InChI is InChI=1S/C16H17F2NO/c1-10-5-3-4-6-15(10)20-16-13(17)8-12(7-11(2)19)9-14(16)18/h3-6,8-9,11H,7,19H2,1-2H3. The topological polar surface area (TPSA) is 35.2 Å². The summed E-state index contributed by atoms with van der Waals surface area (Å²) in [6.07, 6.45) is 0.415. The molecule has 0 aliphatic carbocycles. The molecule has 0 amide bonds. The normalized spacial score (nSPS) is 12.2. The Kier molecular flexibility index (Phi) is 4.35. The molecule has 2 aromatic rings. The summed E-state index contributed by atoms with van der Waals surface area (Å²) in [5, 5.41) is 0. The number of hydrogen-bond acceptors (Lipinski definition) is 2. The predicted octanol–water partition coefficient (Wildman–Crippen LogP) is 3.96.